The molecule has 0 aliphatic heterocycles. The fourth-order valence-electron chi connectivity index (χ4n) is 4.70. The van der Waals surface area contributed by atoms with Crippen LogP contribution in [0.2, 0.25) is 0 Å². The van der Waals surface area contributed by atoms with Gasteiger partial charge in [0, 0.05) is 0 Å². The monoisotopic (exact) mass is 444 g/mol. The smallest absolute Gasteiger partial charge is 0.309 e. The van der Waals surface area contributed by atoms with Crippen molar-refractivity contribution in [1.82, 2.24) is 0 Å². The van der Waals surface area contributed by atoms with Crippen molar-refractivity contribution in [3.05, 3.63) is 34.4 Å². The Morgan fingerprint density at radius 1 is 0.875 bits per heavy atom. The molecule has 0 aromatic heterocycles. The van der Waals surface area contributed by atoms with Crippen LogP contribution in [0.25, 0.3) is 0 Å². The van der Waals surface area contributed by atoms with Gasteiger partial charge in [0.05, 0.1) is 10.8 Å². The lowest BCUT2D eigenvalue weighted by Crippen LogP contribution is -2.23. The Labute approximate surface area is 194 Å². The van der Waals surface area contributed by atoms with Crippen LogP contribution < -0.4 is 0 Å². The number of unbranched alkanes of at least 4 members (excludes halogenated alkanes) is 6. The maximum absolute atomic E-state index is 11.3. The predicted octanol–water partition coefficient (Wildman–Crippen LogP) is 7.27. The largest absolute Gasteiger partial charge is 0.481 e. The Kier molecular flexibility index (Phi) is 9.79. The van der Waals surface area contributed by atoms with E-state index in [1.165, 1.54) is 35.1 Å². The molecule has 1 saturated carbocycles. The van der Waals surface area contributed by atoms with Crippen LogP contribution in [0.15, 0.2) is 12.1 Å². The molecule has 2 N–H and O–H groups in total. The highest BCUT2D eigenvalue weighted by atomic mass is 16.4. The van der Waals surface area contributed by atoms with Gasteiger partial charge in [0.1, 0.15) is 0 Å². The molecule has 0 radical (unpaired) electrons. The number of carbonyl (C=O) groups is 2. The molecule has 4 nitrogen and oxygen atoms in total. The first-order chi connectivity index (χ1) is 15.1. The first-order valence-corrected chi connectivity index (χ1v) is 12.6. The maximum atomic E-state index is 11.3. The van der Waals surface area contributed by atoms with E-state index >= 15 is 0 Å². The van der Waals surface area contributed by atoms with Crippen LogP contribution in [0.4, 0.5) is 0 Å². The van der Waals surface area contributed by atoms with E-state index < -0.39 is 17.4 Å². The van der Waals surface area contributed by atoms with Gasteiger partial charge in [0.2, 0.25) is 0 Å². The van der Waals surface area contributed by atoms with Crippen LogP contribution in [0, 0.1) is 24.7 Å². The molecule has 32 heavy (non-hydrogen) atoms. The third-order valence-electron chi connectivity index (χ3n) is 7.68. The lowest BCUT2D eigenvalue weighted by Gasteiger charge is -2.18. The zero-order valence-corrected chi connectivity index (χ0v) is 20.8. The molecule has 1 fully saturated rings. The minimum absolute atomic E-state index is 0.370. The van der Waals surface area contributed by atoms with Crippen molar-refractivity contribution in [2.75, 3.05) is 0 Å². The number of aryl methyl sites for hydroxylation is 2. The van der Waals surface area contributed by atoms with E-state index in [0.29, 0.717) is 0 Å². The molecule has 1 aliphatic rings. The van der Waals surface area contributed by atoms with Gasteiger partial charge in [-0.2, -0.15) is 0 Å². The number of aliphatic carboxylic acids is 2. The van der Waals surface area contributed by atoms with E-state index in [1.54, 1.807) is 0 Å². The van der Waals surface area contributed by atoms with Crippen molar-refractivity contribution in [1.29, 1.82) is 0 Å². The van der Waals surface area contributed by atoms with Crippen molar-refractivity contribution in [3.63, 3.8) is 0 Å². The van der Waals surface area contributed by atoms with E-state index in [9.17, 15) is 19.8 Å². The van der Waals surface area contributed by atoms with E-state index in [-0.39, 0.29) is 5.41 Å². The van der Waals surface area contributed by atoms with Gasteiger partial charge in [0.15, 0.2) is 0 Å². The summed E-state index contributed by atoms with van der Waals surface area (Å²) < 4.78 is 0. The standard InChI is InChI=1S/C28H44O4/c1-21-15-16-23(13-9-5-8-12-18-28(19-20-28)26(31)32)24(22(21)2)14-10-6-7-11-17-27(3,4)25(29)30/h15-16H,5-14,17-20H2,1-4H3,(H,29,30)(H,31,32). The molecule has 0 atom stereocenters. The van der Waals surface area contributed by atoms with Gasteiger partial charge in [-0.3, -0.25) is 9.59 Å². The molecule has 2 rings (SSSR count). The Balaban J connectivity index is 1.72. The molecular formula is C28H44O4. The number of benzene rings is 1. The van der Waals surface area contributed by atoms with Crippen molar-refractivity contribution < 1.29 is 19.8 Å². The molecule has 4 heteroatoms. The molecule has 1 aromatic rings. The highest BCUT2D eigenvalue weighted by Gasteiger charge is 2.49. The van der Waals surface area contributed by atoms with E-state index in [2.05, 4.69) is 26.0 Å². The summed E-state index contributed by atoms with van der Waals surface area (Å²) in [6.07, 6.45) is 14.4. The van der Waals surface area contributed by atoms with Gasteiger partial charge in [-0.25, -0.2) is 0 Å². The van der Waals surface area contributed by atoms with Gasteiger partial charge >= 0.3 is 11.9 Å². The Morgan fingerprint density at radius 3 is 2.06 bits per heavy atom. The molecule has 0 saturated heterocycles. The number of carboxylic acids is 2. The highest BCUT2D eigenvalue weighted by Crippen LogP contribution is 2.50. The van der Waals surface area contributed by atoms with Gasteiger partial charge in [-0.15, -0.1) is 0 Å². The van der Waals surface area contributed by atoms with E-state index in [4.69, 9.17) is 0 Å². The topological polar surface area (TPSA) is 74.6 Å². The summed E-state index contributed by atoms with van der Waals surface area (Å²) in [4.78, 5) is 22.5. The van der Waals surface area contributed by atoms with Crippen LogP contribution in [-0.4, -0.2) is 22.2 Å². The summed E-state index contributed by atoms with van der Waals surface area (Å²) in [5.41, 5.74) is 4.78. The molecule has 0 bridgehead atoms. The second-order valence-electron chi connectivity index (χ2n) is 10.7. The number of carboxylic acid groups (broad SMARTS) is 2. The third-order valence-corrected chi connectivity index (χ3v) is 7.68. The zero-order valence-electron chi connectivity index (χ0n) is 20.8. The number of hydrogen-bond acceptors (Lipinski definition) is 2. The summed E-state index contributed by atoms with van der Waals surface area (Å²) >= 11 is 0. The van der Waals surface area contributed by atoms with Gasteiger partial charge < -0.3 is 10.2 Å². The molecule has 0 heterocycles. The van der Waals surface area contributed by atoms with Crippen LogP contribution >= 0.6 is 0 Å². The minimum atomic E-state index is -0.702. The first kappa shape index (κ1) is 26.4. The van der Waals surface area contributed by atoms with Crippen LogP contribution in [0.1, 0.15) is 113 Å². The second-order valence-corrected chi connectivity index (χ2v) is 10.7. The van der Waals surface area contributed by atoms with Crippen molar-refractivity contribution in [3.8, 4) is 0 Å². The van der Waals surface area contributed by atoms with Crippen LogP contribution in [-0.2, 0) is 22.4 Å². The number of hydrogen-bond donors (Lipinski definition) is 2. The SMILES string of the molecule is Cc1ccc(CCCCCCC2(C(=O)O)CC2)c(CCCCCCC(C)(C)C(=O)O)c1C. The van der Waals surface area contributed by atoms with Crippen molar-refractivity contribution in [2.24, 2.45) is 10.8 Å². The lowest BCUT2D eigenvalue weighted by molar-refractivity contribution is -0.147. The van der Waals surface area contributed by atoms with Crippen molar-refractivity contribution >= 4 is 11.9 Å². The molecule has 0 spiro atoms. The van der Waals surface area contributed by atoms with E-state index in [1.807, 2.05) is 13.8 Å². The molecular weight excluding hydrogens is 400 g/mol. The lowest BCUT2D eigenvalue weighted by atomic mass is 9.86. The Bertz CT molecular complexity index is 774. The Morgan fingerprint density at radius 2 is 1.47 bits per heavy atom. The third kappa shape index (κ3) is 7.64. The quantitative estimate of drug-likeness (QED) is 0.263. The highest BCUT2D eigenvalue weighted by molar-refractivity contribution is 5.77. The fraction of sp³-hybridized carbons (Fsp3) is 0.714. The molecule has 0 amide bonds. The number of rotatable bonds is 16. The van der Waals surface area contributed by atoms with Gasteiger partial charge in [-0.05, 0) is 101 Å². The molecule has 1 aliphatic carbocycles. The van der Waals surface area contributed by atoms with E-state index in [0.717, 1.165) is 77.0 Å². The average molecular weight is 445 g/mol. The summed E-state index contributed by atoms with van der Waals surface area (Å²) in [7, 11) is 0. The maximum Gasteiger partial charge on any atom is 0.309 e. The summed E-state index contributed by atoms with van der Waals surface area (Å²) in [6.45, 7) is 8.05. The molecule has 180 valence electrons. The summed E-state index contributed by atoms with van der Waals surface area (Å²) in [5.74, 6) is -1.30. The van der Waals surface area contributed by atoms with Crippen LogP contribution in [0.5, 0.6) is 0 Å². The minimum Gasteiger partial charge on any atom is -0.481 e. The van der Waals surface area contributed by atoms with Crippen molar-refractivity contribution in [2.45, 2.75) is 118 Å². The molecule has 0 unspecified atom stereocenters. The second kappa shape index (κ2) is 11.9. The first-order valence-electron chi connectivity index (χ1n) is 12.6. The average Bonchev–Trinajstić information content (AvgIpc) is 3.52. The zero-order chi connectivity index (χ0) is 23.8. The van der Waals surface area contributed by atoms with Crippen LogP contribution in [0.3, 0.4) is 0 Å². The predicted molar refractivity (Wildman–Crippen MR) is 130 cm³/mol. The summed E-state index contributed by atoms with van der Waals surface area (Å²) in [6, 6.07) is 4.54. The van der Waals surface area contributed by atoms with Gasteiger partial charge in [-0.1, -0.05) is 50.7 Å². The summed E-state index contributed by atoms with van der Waals surface area (Å²) in [5, 5.41) is 18.5. The molecule has 1 aromatic carbocycles. The Hall–Kier alpha value is -1.84. The van der Waals surface area contributed by atoms with Gasteiger partial charge in [0.25, 0.3) is 0 Å². The normalized spacial score (nSPS) is 15.0. The fourth-order valence-corrected chi connectivity index (χ4v) is 4.70.